The lowest BCUT2D eigenvalue weighted by Gasteiger charge is -2.23. The van der Waals surface area contributed by atoms with Gasteiger partial charge in [-0.25, -0.2) is 4.79 Å². The van der Waals surface area contributed by atoms with E-state index in [2.05, 4.69) is 10.6 Å². The summed E-state index contributed by atoms with van der Waals surface area (Å²) in [6.45, 7) is 3.85. The number of aliphatic carboxylic acids is 1. The third-order valence-electron chi connectivity index (χ3n) is 2.67. The van der Waals surface area contributed by atoms with Crippen molar-refractivity contribution >= 4 is 23.8 Å². The third kappa shape index (κ3) is 7.75. The number of hydrogen-bond acceptors (Lipinski definition) is 4. The maximum atomic E-state index is 11.8. The third-order valence-corrected chi connectivity index (χ3v) is 2.67. The first-order valence-electron chi connectivity index (χ1n) is 6.57. The molecule has 0 aromatic carbocycles. The van der Waals surface area contributed by atoms with Gasteiger partial charge in [0.25, 0.3) is 0 Å². The van der Waals surface area contributed by atoms with Gasteiger partial charge in [-0.05, 0) is 13.8 Å². The normalized spacial score (nSPS) is 9.67. The fraction of sp³-hybridized carbons (Fsp3) is 0.667. The lowest BCUT2D eigenvalue weighted by molar-refractivity contribution is -0.137. The number of nitrogens with one attached hydrogen (secondary N) is 2. The van der Waals surface area contributed by atoms with Crippen LogP contribution in [0.3, 0.4) is 0 Å². The van der Waals surface area contributed by atoms with Crippen molar-refractivity contribution in [3.63, 3.8) is 0 Å². The molecule has 0 aliphatic carbocycles. The van der Waals surface area contributed by atoms with E-state index in [1.165, 1.54) is 7.05 Å². The van der Waals surface area contributed by atoms with Gasteiger partial charge in [-0.3, -0.25) is 14.4 Å². The van der Waals surface area contributed by atoms with Gasteiger partial charge in [0.15, 0.2) is 0 Å². The first-order chi connectivity index (χ1) is 9.81. The van der Waals surface area contributed by atoms with Crippen LogP contribution in [0.5, 0.6) is 0 Å². The molecule has 120 valence electrons. The molecule has 0 saturated carbocycles. The minimum Gasteiger partial charge on any atom is -0.480 e. The molecule has 0 radical (unpaired) electrons. The molecule has 0 unspecified atom stereocenters. The van der Waals surface area contributed by atoms with E-state index in [1.54, 1.807) is 4.90 Å². The van der Waals surface area contributed by atoms with Gasteiger partial charge in [0.1, 0.15) is 13.1 Å². The van der Waals surface area contributed by atoms with E-state index in [0.29, 0.717) is 13.1 Å². The minimum atomic E-state index is -1.17. The Labute approximate surface area is 123 Å². The summed E-state index contributed by atoms with van der Waals surface area (Å²) in [5, 5.41) is 12.8. The van der Waals surface area contributed by atoms with Crippen LogP contribution in [0.4, 0.5) is 4.79 Å². The van der Waals surface area contributed by atoms with E-state index in [9.17, 15) is 19.2 Å². The Balaban J connectivity index is 4.13. The van der Waals surface area contributed by atoms with Gasteiger partial charge in [-0.2, -0.15) is 0 Å². The van der Waals surface area contributed by atoms with Crippen molar-refractivity contribution < 1.29 is 24.3 Å². The van der Waals surface area contributed by atoms with E-state index in [1.807, 2.05) is 13.8 Å². The number of nitrogens with zero attached hydrogens (tertiary/aromatic N) is 2. The van der Waals surface area contributed by atoms with E-state index in [0.717, 1.165) is 4.90 Å². The van der Waals surface area contributed by atoms with E-state index in [-0.39, 0.29) is 19.0 Å². The molecule has 0 rings (SSSR count). The molecule has 21 heavy (non-hydrogen) atoms. The number of carbonyl (C=O) groups excluding carboxylic acids is 3. The highest BCUT2D eigenvalue weighted by Gasteiger charge is 2.16. The fourth-order valence-electron chi connectivity index (χ4n) is 1.48. The maximum absolute atomic E-state index is 11.8. The molecule has 0 spiro atoms. The maximum Gasteiger partial charge on any atom is 0.322 e. The highest BCUT2D eigenvalue weighted by molar-refractivity contribution is 5.88. The minimum absolute atomic E-state index is 0.0930. The van der Waals surface area contributed by atoms with Gasteiger partial charge in [-0.1, -0.05) is 0 Å². The van der Waals surface area contributed by atoms with Crippen molar-refractivity contribution in [2.75, 3.05) is 39.8 Å². The second-order valence-electron chi connectivity index (χ2n) is 4.25. The summed E-state index contributed by atoms with van der Waals surface area (Å²) in [7, 11) is 1.44. The van der Waals surface area contributed by atoms with Crippen molar-refractivity contribution in [3.8, 4) is 0 Å². The standard InChI is InChI=1S/C12H22N4O5/c1-4-16(5-2)10(18)8-15(3)12(21)14-6-9(17)13-7-11(19)20/h4-8H2,1-3H3,(H,13,17)(H,14,21)(H,19,20). The van der Waals surface area contributed by atoms with Crippen molar-refractivity contribution in [1.82, 2.24) is 20.4 Å². The molecule has 3 N–H and O–H groups in total. The number of urea groups is 1. The van der Waals surface area contributed by atoms with Crippen molar-refractivity contribution in [3.05, 3.63) is 0 Å². The summed E-state index contributed by atoms with van der Waals surface area (Å²) in [6, 6.07) is -0.582. The summed E-state index contributed by atoms with van der Waals surface area (Å²) >= 11 is 0. The van der Waals surface area contributed by atoms with Crippen molar-refractivity contribution in [2.24, 2.45) is 0 Å². The van der Waals surface area contributed by atoms with Crippen molar-refractivity contribution in [1.29, 1.82) is 0 Å². The zero-order valence-corrected chi connectivity index (χ0v) is 12.5. The number of carboxylic acid groups (broad SMARTS) is 1. The number of carbonyl (C=O) groups is 4. The molecule has 0 saturated heterocycles. The summed E-state index contributed by atoms with van der Waals surface area (Å²) in [5.41, 5.74) is 0. The van der Waals surface area contributed by atoms with Crippen LogP contribution in [0.1, 0.15) is 13.8 Å². The summed E-state index contributed by atoms with van der Waals surface area (Å²) in [4.78, 5) is 47.7. The molecule has 9 heteroatoms. The lowest BCUT2D eigenvalue weighted by atomic mass is 10.4. The molecule has 0 fully saturated rings. The quantitative estimate of drug-likeness (QED) is 0.515. The molecule has 4 amide bonds. The van der Waals surface area contributed by atoms with Crippen LogP contribution >= 0.6 is 0 Å². The Bertz CT molecular complexity index is 395. The molecular formula is C12H22N4O5. The molecular weight excluding hydrogens is 280 g/mol. The Morgan fingerprint density at radius 3 is 2.05 bits per heavy atom. The predicted octanol–water partition coefficient (Wildman–Crippen LogP) is -1.30. The topological polar surface area (TPSA) is 119 Å². The average molecular weight is 302 g/mol. The lowest BCUT2D eigenvalue weighted by Crippen LogP contribution is -2.47. The molecule has 9 nitrogen and oxygen atoms in total. The molecule has 0 aromatic rings. The summed E-state index contributed by atoms with van der Waals surface area (Å²) in [5.74, 6) is -1.97. The Hall–Kier alpha value is -2.32. The van der Waals surface area contributed by atoms with Crippen LogP contribution in [0.15, 0.2) is 0 Å². The van der Waals surface area contributed by atoms with E-state index >= 15 is 0 Å². The van der Waals surface area contributed by atoms with E-state index in [4.69, 9.17) is 5.11 Å². The molecule has 0 aliphatic rings. The monoisotopic (exact) mass is 302 g/mol. The molecule has 0 aromatic heterocycles. The highest BCUT2D eigenvalue weighted by Crippen LogP contribution is 1.92. The second-order valence-corrected chi connectivity index (χ2v) is 4.25. The van der Waals surface area contributed by atoms with Crippen LogP contribution in [0.2, 0.25) is 0 Å². The zero-order valence-electron chi connectivity index (χ0n) is 12.5. The number of amides is 4. The largest absolute Gasteiger partial charge is 0.480 e. The second kappa shape index (κ2) is 9.56. The molecule has 0 bridgehead atoms. The van der Waals surface area contributed by atoms with Crippen LogP contribution < -0.4 is 10.6 Å². The van der Waals surface area contributed by atoms with Crippen LogP contribution in [0, 0.1) is 0 Å². The van der Waals surface area contributed by atoms with Gasteiger partial charge in [0, 0.05) is 20.1 Å². The molecule has 0 aliphatic heterocycles. The van der Waals surface area contributed by atoms with Crippen LogP contribution in [-0.2, 0) is 14.4 Å². The molecule has 0 heterocycles. The van der Waals surface area contributed by atoms with Gasteiger partial charge in [0.2, 0.25) is 11.8 Å². The first kappa shape index (κ1) is 18.7. The number of carboxylic acids is 1. The Kier molecular flexibility index (Phi) is 8.51. The SMILES string of the molecule is CCN(CC)C(=O)CN(C)C(=O)NCC(=O)NCC(=O)O. The van der Waals surface area contributed by atoms with Crippen molar-refractivity contribution in [2.45, 2.75) is 13.8 Å². The van der Waals surface area contributed by atoms with Crippen LogP contribution in [0.25, 0.3) is 0 Å². The zero-order chi connectivity index (χ0) is 16.4. The highest BCUT2D eigenvalue weighted by atomic mass is 16.4. The fourth-order valence-corrected chi connectivity index (χ4v) is 1.48. The van der Waals surface area contributed by atoms with E-state index < -0.39 is 24.5 Å². The Morgan fingerprint density at radius 2 is 1.57 bits per heavy atom. The predicted molar refractivity (Wildman–Crippen MR) is 74.6 cm³/mol. The number of rotatable bonds is 8. The van der Waals surface area contributed by atoms with Gasteiger partial charge in [0.05, 0.1) is 6.54 Å². The van der Waals surface area contributed by atoms with Gasteiger partial charge >= 0.3 is 12.0 Å². The number of likely N-dealkylation sites (N-methyl/N-ethyl adjacent to an activating group) is 2. The first-order valence-corrected chi connectivity index (χ1v) is 6.57. The smallest absolute Gasteiger partial charge is 0.322 e. The van der Waals surface area contributed by atoms with Gasteiger partial charge in [-0.15, -0.1) is 0 Å². The van der Waals surface area contributed by atoms with Gasteiger partial charge < -0.3 is 25.5 Å². The summed E-state index contributed by atoms with van der Waals surface area (Å²) < 4.78 is 0. The van der Waals surface area contributed by atoms with Crippen LogP contribution in [-0.4, -0.2) is 78.5 Å². The summed E-state index contributed by atoms with van der Waals surface area (Å²) in [6.07, 6.45) is 0. The Morgan fingerprint density at radius 1 is 1.00 bits per heavy atom. The molecule has 0 atom stereocenters. The average Bonchev–Trinajstić information content (AvgIpc) is 2.43. The number of hydrogen-bond donors (Lipinski definition) is 3.